The molecule has 1 aliphatic heterocycles. The van der Waals surface area contributed by atoms with E-state index in [-0.39, 0.29) is 23.3 Å². The first-order chi connectivity index (χ1) is 12.8. The molecule has 1 aromatic heterocycles. The molecular formula is C19H23N3O5. The predicted molar refractivity (Wildman–Crippen MR) is 101 cm³/mol. The van der Waals surface area contributed by atoms with Crippen LogP contribution in [-0.2, 0) is 18.2 Å². The van der Waals surface area contributed by atoms with E-state index in [2.05, 4.69) is 4.98 Å². The number of morpholine rings is 1. The van der Waals surface area contributed by atoms with E-state index in [0.29, 0.717) is 30.9 Å². The first kappa shape index (κ1) is 18.9. The highest BCUT2D eigenvalue weighted by molar-refractivity contribution is 5.87. The second kappa shape index (κ2) is 7.40. The topological polar surface area (TPSA) is 105 Å². The largest absolute Gasteiger partial charge is 0.478 e. The average Bonchev–Trinajstić information content (AvgIpc) is 2.61. The molecule has 8 heteroatoms. The third-order valence-corrected chi connectivity index (χ3v) is 4.70. The van der Waals surface area contributed by atoms with Crippen molar-refractivity contribution in [1.82, 2.24) is 9.55 Å². The zero-order valence-corrected chi connectivity index (χ0v) is 15.6. The molecule has 2 aromatic rings. The molecule has 0 saturated carbocycles. The van der Waals surface area contributed by atoms with Crippen LogP contribution in [0, 0.1) is 0 Å². The van der Waals surface area contributed by atoms with Crippen LogP contribution >= 0.6 is 0 Å². The van der Waals surface area contributed by atoms with E-state index in [0.717, 1.165) is 10.1 Å². The fourth-order valence-corrected chi connectivity index (χ4v) is 3.42. The van der Waals surface area contributed by atoms with E-state index in [1.807, 2.05) is 18.7 Å². The molecule has 2 N–H and O–H groups in total. The number of carbonyl (C=O) groups is 1. The molecule has 1 fully saturated rings. The zero-order chi connectivity index (χ0) is 19.7. The predicted octanol–water partition coefficient (Wildman–Crippen LogP) is 0.976. The molecule has 2 heterocycles. The molecule has 8 nitrogen and oxygen atoms in total. The van der Waals surface area contributed by atoms with Gasteiger partial charge in [0.1, 0.15) is 5.82 Å². The van der Waals surface area contributed by atoms with Crippen molar-refractivity contribution in [1.29, 1.82) is 0 Å². The minimum absolute atomic E-state index is 0.0241. The number of anilines is 1. The normalized spacial score (nSPS) is 19.9. The van der Waals surface area contributed by atoms with Crippen LogP contribution < -0.4 is 16.1 Å². The third kappa shape index (κ3) is 3.95. The monoisotopic (exact) mass is 373 g/mol. The number of aromatic nitrogens is 2. The fourth-order valence-electron chi connectivity index (χ4n) is 3.42. The summed E-state index contributed by atoms with van der Waals surface area (Å²) in [6.07, 6.45) is 0.242. The van der Waals surface area contributed by atoms with Crippen molar-refractivity contribution >= 4 is 11.8 Å². The highest BCUT2D eigenvalue weighted by atomic mass is 16.5. The van der Waals surface area contributed by atoms with Crippen molar-refractivity contribution in [2.24, 2.45) is 7.05 Å². The van der Waals surface area contributed by atoms with E-state index >= 15 is 0 Å². The Balaban J connectivity index is 2.03. The fraction of sp³-hybridized carbons (Fsp3) is 0.421. The molecule has 27 heavy (non-hydrogen) atoms. The van der Waals surface area contributed by atoms with E-state index in [1.54, 1.807) is 12.1 Å². The number of aromatic amines is 1. The Labute approximate surface area is 156 Å². The lowest BCUT2D eigenvalue weighted by Crippen LogP contribution is -2.48. The van der Waals surface area contributed by atoms with Crippen molar-refractivity contribution in [2.75, 3.05) is 18.0 Å². The van der Waals surface area contributed by atoms with Gasteiger partial charge < -0.3 is 14.7 Å². The van der Waals surface area contributed by atoms with Gasteiger partial charge in [0.15, 0.2) is 0 Å². The number of rotatable bonds is 4. The molecule has 0 amide bonds. The highest BCUT2D eigenvalue weighted by Crippen LogP contribution is 2.21. The Morgan fingerprint density at radius 2 is 1.78 bits per heavy atom. The number of aromatic carboxylic acids is 1. The number of carboxylic acids is 1. The van der Waals surface area contributed by atoms with Crippen LogP contribution in [0.1, 0.15) is 35.3 Å². The maximum absolute atomic E-state index is 12.8. The van der Waals surface area contributed by atoms with Crippen molar-refractivity contribution < 1.29 is 14.6 Å². The van der Waals surface area contributed by atoms with Gasteiger partial charge in [-0.05, 0) is 31.5 Å². The summed E-state index contributed by atoms with van der Waals surface area (Å²) >= 11 is 0. The second-order valence-corrected chi connectivity index (χ2v) is 6.96. The van der Waals surface area contributed by atoms with E-state index < -0.39 is 11.7 Å². The van der Waals surface area contributed by atoms with Gasteiger partial charge in [-0.2, -0.15) is 0 Å². The highest BCUT2D eigenvalue weighted by Gasteiger charge is 2.26. The van der Waals surface area contributed by atoms with E-state index in [1.165, 1.54) is 19.2 Å². The van der Waals surface area contributed by atoms with E-state index in [9.17, 15) is 14.4 Å². The van der Waals surface area contributed by atoms with Gasteiger partial charge in [-0.3, -0.25) is 14.3 Å². The van der Waals surface area contributed by atoms with Crippen molar-refractivity contribution in [3.63, 3.8) is 0 Å². The molecule has 2 unspecified atom stereocenters. The van der Waals surface area contributed by atoms with Crippen molar-refractivity contribution in [3.8, 4) is 0 Å². The number of hydrogen-bond acceptors (Lipinski definition) is 5. The second-order valence-electron chi connectivity index (χ2n) is 6.96. The summed E-state index contributed by atoms with van der Waals surface area (Å²) in [4.78, 5) is 40.8. The lowest BCUT2D eigenvalue weighted by Gasteiger charge is -2.37. The van der Waals surface area contributed by atoms with Gasteiger partial charge in [-0.15, -0.1) is 0 Å². The Kier molecular flexibility index (Phi) is 5.18. The first-order valence-corrected chi connectivity index (χ1v) is 8.81. The standard InChI is InChI=1S/C19H23N3O5/c1-11-9-22(10-12(2)27-11)16-15(17(23)21(3)19(26)20-16)8-13-4-6-14(7-5-13)18(24)25/h4-7,11-12H,8-10H2,1-3H3,(H,20,26)(H,24,25). The molecule has 0 aliphatic carbocycles. The molecule has 144 valence electrons. The molecule has 3 rings (SSSR count). The number of H-pyrrole nitrogens is 1. The number of nitrogens with one attached hydrogen (secondary N) is 1. The van der Waals surface area contributed by atoms with Gasteiger partial charge >= 0.3 is 11.7 Å². The lowest BCUT2D eigenvalue weighted by molar-refractivity contribution is -0.00554. The minimum atomic E-state index is -1.00. The van der Waals surface area contributed by atoms with Crippen LogP contribution in [0.25, 0.3) is 0 Å². The van der Waals surface area contributed by atoms with Gasteiger partial charge in [0.25, 0.3) is 5.56 Å². The molecule has 2 atom stereocenters. The molecule has 0 radical (unpaired) electrons. The summed E-state index contributed by atoms with van der Waals surface area (Å²) < 4.78 is 6.80. The van der Waals surface area contributed by atoms with Crippen LogP contribution in [0.4, 0.5) is 5.82 Å². The maximum Gasteiger partial charge on any atom is 0.335 e. The molecule has 0 bridgehead atoms. The van der Waals surface area contributed by atoms with Gasteiger partial charge in [0, 0.05) is 26.6 Å². The summed E-state index contributed by atoms with van der Waals surface area (Å²) in [7, 11) is 1.44. The maximum atomic E-state index is 12.8. The molecule has 1 aliphatic rings. The van der Waals surface area contributed by atoms with Crippen LogP contribution in [0.3, 0.4) is 0 Å². The Bertz CT molecular complexity index is 951. The number of ether oxygens (including phenoxy) is 1. The first-order valence-electron chi connectivity index (χ1n) is 8.81. The summed E-state index contributed by atoms with van der Waals surface area (Å²) in [5.74, 6) is -0.495. The Morgan fingerprint density at radius 3 is 2.33 bits per heavy atom. The summed E-state index contributed by atoms with van der Waals surface area (Å²) in [5, 5.41) is 9.03. The van der Waals surface area contributed by atoms with Crippen LogP contribution in [-0.4, -0.2) is 45.9 Å². The van der Waals surface area contributed by atoms with Gasteiger partial charge in [-0.25, -0.2) is 9.59 Å². The van der Waals surface area contributed by atoms with Crippen LogP contribution in [0.15, 0.2) is 33.9 Å². The van der Waals surface area contributed by atoms with Gasteiger partial charge in [-0.1, -0.05) is 12.1 Å². The summed E-state index contributed by atoms with van der Waals surface area (Å²) in [6, 6.07) is 6.38. The number of nitrogens with zero attached hydrogens (tertiary/aromatic N) is 2. The number of hydrogen-bond donors (Lipinski definition) is 2. The third-order valence-electron chi connectivity index (χ3n) is 4.70. The lowest BCUT2D eigenvalue weighted by atomic mass is 10.0. The zero-order valence-electron chi connectivity index (χ0n) is 15.6. The quantitative estimate of drug-likeness (QED) is 0.828. The summed E-state index contributed by atoms with van der Waals surface area (Å²) in [6.45, 7) is 5.04. The van der Waals surface area contributed by atoms with Crippen LogP contribution in [0.5, 0.6) is 0 Å². The minimum Gasteiger partial charge on any atom is -0.478 e. The summed E-state index contributed by atoms with van der Waals surface area (Å²) in [5.41, 5.74) is 0.625. The van der Waals surface area contributed by atoms with Crippen molar-refractivity contribution in [2.45, 2.75) is 32.5 Å². The molecule has 0 spiro atoms. The molecular weight excluding hydrogens is 350 g/mol. The van der Waals surface area contributed by atoms with Crippen LogP contribution in [0.2, 0.25) is 0 Å². The SMILES string of the molecule is CC1CN(c2[nH]c(=O)n(C)c(=O)c2Cc2ccc(C(=O)O)cc2)CC(C)O1. The van der Waals surface area contributed by atoms with Gasteiger partial charge in [0.2, 0.25) is 0 Å². The van der Waals surface area contributed by atoms with Crippen molar-refractivity contribution in [3.05, 3.63) is 61.8 Å². The average molecular weight is 373 g/mol. The molecule has 1 aromatic carbocycles. The Morgan fingerprint density at radius 1 is 1.19 bits per heavy atom. The van der Waals surface area contributed by atoms with Gasteiger partial charge in [0.05, 0.1) is 23.3 Å². The smallest absolute Gasteiger partial charge is 0.335 e. The number of carboxylic acid groups (broad SMARTS) is 1. The van der Waals surface area contributed by atoms with E-state index in [4.69, 9.17) is 9.84 Å². The Hall–Kier alpha value is -2.87. The number of benzene rings is 1. The molecule has 1 saturated heterocycles.